The van der Waals surface area contributed by atoms with Crippen molar-refractivity contribution in [1.29, 1.82) is 0 Å². The summed E-state index contributed by atoms with van der Waals surface area (Å²) in [4.78, 5) is 13.8. The predicted molar refractivity (Wildman–Crippen MR) is 76.4 cm³/mol. The minimum absolute atomic E-state index is 0.111. The van der Waals surface area contributed by atoms with Gasteiger partial charge in [0, 0.05) is 20.6 Å². The summed E-state index contributed by atoms with van der Waals surface area (Å²) in [6.07, 6.45) is 0. The largest absolute Gasteiger partial charge is 0.363 e. The number of anilines is 1. The van der Waals surface area contributed by atoms with Gasteiger partial charge in [-0.3, -0.25) is 4.79 Å². The Balaban J connectivity index is 2.07. The second-order valence-corrected chi connectivity index (χ2v) is 5.29. The van der Waals surface area contributed by atoms with Gasteiger partial charge in [-0.15, -0.1) is 10.2 Å². The first kappa shape index (κ1) is 13.5. The molecule has 0 atom stereocenters. The first-order valence-electron chi connectivity index (χ1n) is 5.92. The third-order valence-corrected chi connectivity index (χ3v) is 3.60. The molecule has 1 aromatic heterocycles. The summed E-state index contributed by atoms with van der Waals surface area (Å²) >= 11 is 1.26. The summed E-state index contributed by atoms with van der Waals surface area (Å²) in [7, 11) is 3.52. The topological polar surface area (TPSA) is 58.1 Å². The summed E-state index contributed by atoms with van der Waals surface area (Å²) in [5.74, 6) is -0.111. The molecule has 1 amide bonds. The van der Waals surface area contributed by atoms with Crippen molar-refractivity contribution in [3.05, 3.63) is 40.4 Å². The van der Waals surface area contributed by atoms with E-state index in [4.69, 9.17) is 0 Å². The lowest BCUT2D eigenvalue weighted by Gasteiger charge is -2.15. The highest BCUT2D eigenvalue weighted by atomic mass is 32.1. The Hall–Kier alpha value is -1.95. The number of hydrogen-bond acceptors (Lipinski definition) is 5. The van der Waals surface area contributed by atoms with Crippen LogP contribution in [0, 0.1) is 6.92 Å². The number of nitrogens with zero attached hydrogens (tertiary/aromatic N) is 3. The quantitative estimate of drug-likeness (QED) is 0.929. The summed E-state index contributed by atoms with van der Waals surface area (Å²) in [6.45, 7) is 2.60. The van der Waals surface area contributed by atoms with E-state index in [-0.39, 0.29) is 5.91 Å². The van der Waals surface area contributed by atoms with Gasteiger partial charge >= 0.3 is 0 Å². The van der Waals surface area contributed by atoms with Crippen molar-refractivity contribution in [3.63, 3.8) is 0 Å². The lowest BCUT2D eigenvalue weighted by molar-refractivity contribution is 0.0784. The summed E-state index contributed by atoms with van der Waals surface area (Å²) in [5.41, 5.74) is 2.29. The van der Waals surface area contributed by atoms with E-state index in [0.29, 0.717) is 16.7 Å². The van der Waals surface area contributed by atoms with Gasteiger partial charge in [-0.25, -0.2) is 0 Å². The molecular formula is C13H16N4OS. The fourth-order valence-corrected chi connectivity index (χ4v) is 2.42. The molecule has 1 N–H and O–H groups in total. The number of nitrogens with one attached hydrogen (secondary N) is 1. The zero-order valence-corrected chi connectivity index (χ0v) is 12.0. The molecule has 0 aliphatic heterocycles. The van der Waals surface area contributed by atoms with Gasteiger partial charge in [0.25, 0.3) is 5.91 Å². The number of carbonyl (C=O) groups excluding carboxylic acids is 1. The van der Waals surface area contributed by atoms with Crippen molar-refractivity contribution in [3.8, 4) is 0 Å². The zero-order chi connectivity index (χ0) is 13.8. The van der Waals surface area contributed by atoms with Gasteiger partial charge in [0.05, 0.1) is 0 Å². The summed E-state index contributed by atoms with van der Waals surface area (Å²) in [6, 6.07) is 8.11. The van der Waals surface area contributed by atoms with Gasteiger partial charge in [-0.05, 0) is 12.5 Å². The number of aromatic nitrogens is 2. The number of benzene rings is 1. The molecular weight excluding hydrogens is 260 g/mol. The molecule has 0 unspecified atom stereocenters. The van der Waals surface area contributed by atoms with Crippen molar-refractivity contribution in [1.82, 2.24) is 15.1 Å². The average Bonchev–Trinajstić information content (AvgIpc) is 2.86. The van der Waals surface area contributed by atoms with E-state index < -0.39 is 0 Å². The van der Waals surface area contributed by atoms with Crippen LogP contribution in [0.2, 0.25) is 0 Å². The average molecular weight is 276 g/mol. The predicted octanol–water partition coefficient (Wildman–Crippen LogP) is 2.16. The van der Waals surface area contributed by atoms with Crippen molar-refractivity contribution < 1.29 is 4.79 Å². The highest BCUT2D eigenvalue weighted by Gasteiger charge is 2.17. The van der Waals surface area contributed by atoms with Gasteiger partial charge < -0.3 is 10.2 Å². The molecule has 2 rings (SSSR count). The van der Waals surface area contributed by atoms with Crippen LogP contribution in [0.4, 0.5) is 5.13 Å². The smallest absolute Gasteiger partial charge is 0.284 e. The Bertz CT molecular complexity index is 582. The lowest BCUT2D eigenvalue weighted by Crippen LogP contribution is -2.26. The molecule has 19 heavy (non-hydrogen) atoms. The maximum Gasteiger partial charge on any atom is 0.284 e. The fraction of sp³-hybridized carbons (Fsp3) is 0.308. The Morgan fingerprint density at radius 1 is 1.42 bits per heavy atom. The highest BCUT2D eigenvalue weighted by Crippen LogP contribution is 2.16. The SMILES string of the molecule is CNc1nnc(C(=O)N(C)Cc2cccc(C)c2)s1. The zero-order valence-electron chi connectivity index (χ0n) is 11.2. The Morgan fingerprint density at radius 3 is 2.84 bits per heavy atom. The number of carbonyl (C=O) groups is 1. The van der Waals surface area contributed by atoms with Crippen LogP contribution in [0.3, 0.4) is 0 Å². The van der Waals surface area contributed by atoms with Crippen LogP contribution >= 0.6 is 11.3 Å². The van der Waals surface area contributed by atoms with E-state index in [9.17, 15) is 4.79 Å². The molecule has 0 saturated carbocycles. The van der Waals surface area contributed by atoms with Crippen LogP contribution in [0.1, 0.15) is 20.9 Å². The lowest BCUT2D eigenvalue weighted by atomic mass is 10.1. The molecule has 0 aliphatic carbocycles. The summed E-state index contributed by atoms with van der Waals surface area (Å²) < 4.78 is 0. The highest BCUT2D eigenvalue weighted by molar-refractivity contribution is 7.17. The molecule has 0 spiro atoms. The molecule has 0 radical (unpaired) electrons. The van der Waals surface area contributed by atoms with Gasteiger partial charge in [-0.1, -0.05) is 41.2 Å². The third kappa shape index (κ3) is 3.29. The molecule has 0 fully saturated rings. The first-order valence-corrected chi connectivity index (χ1v) is 6.74. The standard InChI is InChI=1S/C13H16N4OS/c1-9-5-4-6-10(7-9)8-17(3)12(18)11-15-16-13(14-2)19-11/h4-7H,8H2,1-3H3,(H,14,16). The molecule has 1 aromatic carbocycles. The molecule has 6 heteroatoms. The number of amides is 1. The number of rotatable bonds is 4. The van der Waals surface area contributed by atoms with Gasteiger partial charge in [0.15, 0.2) is 0 Å². The Morgan fingerprint density at radius 2 is 2.21 bits per heavy atom. The van der Waals surface area contributed by atoms with E-state index in [2.05, 4.69) is 21.6 Å². The van der Waals surface area contributed by atoms with Crippen LogP contribution in [0.25, 0.3) is 0 Å². The van der Waals surface area contributed by atoms with Gasteiger partial charge in [0.2, 0.25) is 10.1 Å². The second kappa shape index (κ2) is 5.79. The second-order valence-electron chi connectivity index (χ2n) is 4.31. The van der Waals surface area contributed by atoms with Crippen molar-refractivity contribution >= 4 is 22.4 Å². The maximum atomic E-state index is 12.2. The molecule has 0 aliphatic rings. The van der Waals surface area contributed by atoms with Gasteiger partial charge in [-0.2, -0.15) is 0 Å². The Kier molecular flexibility index (Phi) is 4.11. The third-order valence-electron chi connectivity index (χ3n) is 2.67. The van der Waals surface area contributed by atoms with E-state index in [0.717, 1.165) is 5.56 Å². The molecule has 2 aromatic rings. The van der Waals surface area contributed by atoms with Gasteiger partial charge in [0.1, 0.15) is 0 Å². The minimum Gasteiger partial charge on any atom is -0.363 e. The monoisotopic (exact) mass is 276 g/mol. The van der Waals surface area contributed by atoms with Crippen molar-refractivity contribution in [2.75, 3.05) is 19.4 Å². The van der Waals surface area contributed by atoms with E-state index in [1.165, 1.54) is 16.9 Å². The van der Waals surface area contributed by atoms with Crippen LogP contribution in [-0.4, -0.2) is 35.1 Å². The molecule has 1 heterocycles. The number of aryl methyl sites for hydroxylation is 1. The van der Waals surface area contributed by atoms with Crippen LogP contribution < -0.4 is 5.32 Å². The van der Waals surface area contributed by atoms with Crippen molar-refractivity contribution in [2.24, 2.45) is 0 Å². The fourth-order valence-electron chi connectivity index (χ4n) is 1.73. The molecule has 0 saturated heterocycles. The first-order chi connectivity index (χ1) is 9.10. The molecule has 0 bridgehead atoms. The van der Waals surface area contributed by atoms with E-state index in [1.807, 2.05) is 25.1 Å². The Labute approximate surface area is 116 Å². The van der Waals surface area contributed by atoms with Crippen LogP contribution in [-0.2, 0) is 6.54 Å². The van der Waals surface area contributed by atoms with Crippen molar-refractivity contribution in [2.45, 2.75) is 13.5 Å². The molecule has 5 nitrogen and oxygen atoms in total. The van der Waals surface area contributed by atoms with E-state index >= 15 is 0 Å². The normalized spacial score (nSPS) is 10.3. The van der Waals surface area contributed by atoms with Crippen LogP contribution in [0.15, 0.2) is 24.3 Å². The number of hydrogen-bond donors (Lipinski definition) is 1. The van der Waals surface area contributed by atoms with E-state index in [1.54, 1.807) is 19.0 Å². The van der Waals surface area contributed by atoms with Crippen LogP contribution in [0.5, 0.6) is 0 Å². The maximum absolute atomic E-state index is 12.2. The summed E-state index contributed by atoms with van der Waals surface area (Å²) in [5, 5.41) is 11.7. The minimum atomic E-state index is -0.111. The molecule has 100 valence electrons.